The zero-order chi connectivity index (χ0) is 17.3. The molecule has 0 spiro atoms. The van der Waals surface area contributed by atoms with E-state index in [2.05, 4.69) is 25.2 Å². The fourth-order valence-electron chi connectivity index (χ4n) is 2.51. The maximum absolute atomic E-state index is 11.6. The summed E-state index contributed by atoms with van der Waals surface area (Å²) < 4.78 is 0. The summed E-state index contributed by atoms with van der Waals surface area (Å²) in [4.78, 5) is 29.0. The van der Waals surface area contributed by atoms with Crippen molar-refractivity contribution < 1.29 is 4.92 Å². The van der Waals surface area contributed by atoms with Gasteiger partial charge in [-0.15, -0.1) is 11.3 Å². The van der Waals surface area contributed by atoms with E-state index in [4.69, 9.17) is 0 Å². The lowest BCUT2D eigenvalue weighted by molar-refractivity contribution is -0.383. The Bertz CT molecular complexity index is 736. The van der Waals surface area contributed by atoms with E-state index in [1.54, 1.807) is 0 Å². The molecule has 1 saturated heterocycles. The Hall–Kier alpha value is -2.33. The summed E-state index contributed by atoms with van der Waals surface area (Å²) in [5.74, 6) is 0.535. The third-order valence-corrected chi connectivity index (χ3v) is 5.03. The second-order valence-corrected chi connectivity index (χ2v) is 6.93. The van der Waals surface area contributed by atoms with E-state index >= 15 is 0 Å². The summed E-state index contributed by atoms with van der Waals surface area (Å²) in [5, 5.41) is 15.2. The zero-order valence-corrected chi connectivity index (χ0v) is 14.6. The van der Waals surface area contributed by atoms with Crippen LogP contribution in [0.1, 0.15) is 10.6 Å². The van der Waals surface area contributed by atoms with Crippen LogP contribution in [0.5, 0.6) is 0 Å². The van der Waals surface area contributed by atoms with E-state index in [0.717, 1.165) is 23.7 Å². The first-order chi connectivity index (χ1) is 11.5. The molecule has 1 aliphatic heterocycles. The highest BCUT2D eigenvalue weighted by Crippen LogP contribution is 2.35. The Morgan fingerprint density at radius 2 is 1.96 bits per heavy atom. The molecule has 2 aromatic heterocycles. The molecule has 0 unspecified atom stereocenters. The van der Waals surface area contributed by atoms with Gasteiger partial charge >= 0.3 is 5.69 Å². The van der Waals surface area contributed by atoms with Gasteiger partial charge in [-0.2, -0.15) is 0 Å². The lowest BCUT2D eigenvalue weighted by atomic mass is 10.3. The molecule has 0 bridgehead atoms. The quantitative estimate of drug-likeness (QED) is 0.660. The lowest BCUT2D eigenvalue weighted by Crippen LogP contribution is -2.45. The Morgan fingerprint density at radius 3 is 2.54 bits per heavy atom. The molecule has 3 rings (SSSR count). The lowest BCUT2D eigenvalue weighted by Gasteiger charge is -2.32. The van der Waals surface area contributed by atoms with Crippen LogP contribution in [-0.4, -0.2) is 58.0 Å². The van der Waals surface area contributed by atoms with Crippen LogP contribution in [0.3, 0.4) is 0 Å². The minimum atomic E-state index is -0.427. The van der Waals surface area contributed by atoms with Crippen LogP contribution in [0, 0.1) is 24.0 Å². The van der Waals surface area contributed by atoms with Crippen molar-refractivity contribution >= 4 is 33.8 Å². The normalized spacial score (nSPS) is 15.5. The molecule has 9 nitrogen and oxygen atoms in total. The van der Waals surface area contributed by atoms with Gasteiger partial charge in [0.05, 0.1) is 10.6 Å². The van der Waals surface area contributed by atoms with Crippen LogP contribution in [0.25, 0.3) is 0 Å². The molecule has 0 saturated carbocycles. The van der Waals surface area contributed by atoms with Crippen molar-refractivity contribution in [1.82, 2.24) is 19.9 Å². The number of anilines is 3. The third-order valence-electron chi connectivity index (χ3n) is 4.04. The first-order valence-electron chi connectivity index (χ1n) is 7.59. The monoisotopic (exact) mass is 349 g/mol. The Kier molecular flexibility index (Phi) is 4.58. The molecule has 24 heavy (non-hydrogen) atoms. The first kappa shape index (κ1) is 16.5. The summed E-state index contributed by atoms with van der Waals surface area (Å²) in [6.07, 6.45) is 1.36. The van der Waals surface area contributed by atoms with Crippen molar-refractivity contribution in [3.8, 4) is 0 Å². The molecule has 0 aromatic carbocycles. The SMILES string of the molecule is Cc1nc(Nc2ncnc(N3CCN(C)CC3)c2[N+](=O)[O-])sc1C. The zero-order valence-electron chi connectivity index (χ0n) is 13.8. The van der Waals surface area contributed by atoms with Crippen molar-refractivity contribution in [2.24, 2.45) is 0 Å². The molecule has 0 aliphatic carbocycles. The number of nitrogens with zero attached hydrogens (tertiary/aromatic N) is 6. The van der Waals surface area contributed by atoms with Gasteiger partial charge in [-0.1, -0.05) is 0 Å². The molecule has 3 heterocycles. The molecule has 2 aromatic rings. The topological polar surface area (TPSA) is 100 Å². The minimum absolute atomic E-state index is 0.104. The van der Waals surface area contributed by atoms with E-state index in [1.165, 1.54) is 17.7 Å². The van der Waals surface area contributed by atoms with Gasteiger partial charge in [0.15, 0.2) is 5.13 Å². The van der Waals surface area contributed by atoms with Gasteiger partial charge in [-0.3, -0.25) is 10.1 Å². The number of nitro groups is 1. The largest absolute Gasteiger partial charge is 0.353 e. The smallest absolute Gasteiger partial charge is 0.348 e. The number of hydrogen-bond donors (Lipinski definition) is 1. The summed E-state index contributed by atoms with van der Waals surface area (Å²) in [7, 11) is 2.03. The highest BCUT2D eigenvalue weighted by atomic mass is 32.1. The number of hydrogen-bond acceptors (Lipinski definition) is 9. The van der Waals surface area contributed by atoms with Crippen LogP contribution in [0.4, 0.5) is 22.5 Å². The van der Waals surface area contributed by atoms with Gasteiger partial charge < -0.3 is 15.1 Å². The number of aromatic nitrogens is 3. The van der Waals surface area contributed by atoms with Crippen molar-refractivity contribution in [1.29, 1.82) is 0 Å². The highest BCUT2D eigenvalue weighted by Gasteiger charge is 2.29. The summed E-state index contributed by atoms with van der Waals surface area (Å²) in [5.41, 5.74) is 0.797. The van der Waals surface area contributed by atoms with Crippen LogP contribution >= 0.6 is 11.3 Å². The molecule has 1 N–H and O–H groups in total. The second-order valence-electron chi connectivity index (χ2n) is 5.73. The molecule has 10 heteroatoms. The molecule has 1 fully saturated rings. The highest BCUT2D eigenvalue weighted by molar-refractivity contribution is 7.15. The van der Waals surface area contributed by atoms with Crippen LogP contribution in [0.2, 0.25) is 0 Å². The van der Waals surface area contributed by atoms with Gasteiger partial charge in [-0.05, 0) is 20.9 Å². The maximum Gasteiger partial charge on any atom is 0.353 e. The van der Waals surface area contributed by atoms with E-state index in [9.17, 15) is 10.1 Å². The van der Waals surface area contributed by atoms with Gasteiger partial charge in [0.1, 0.15) is 6.33 Å². The molecular weight excluding hydrogens is 330 g/mol. The van der Waals surface area contributed by atoms with Gasteiger partial charge in [0.25, 0.3) is 0 Å². The number of rotatable bonds is 4. The standard InChI is InChI=1S/C14H19N7O2S/c1-9-10(2)24-14(17-9)18-12-11(21(22)23)13(16-8-15-12)20-6-4-19(3)5-7-20/h8H,4-7H2,1-3H3,(H,15,16,17,18). The Balaban J connectivity index is 1.94. The molecule has 128 valence electrons. The molecule has 0 radical (unpaired) electrons. The number of likely N-dealkylation sites (N-methyl/N-ethyl adjacent to an activating group) is 1. The van der Waals surface area contributed by atoms with Gasteiger partial charge in [-0.25, -0.2) is 15.0 Å². The van der Waals surface area contributed by atoms with Crippen LogP contribution in [-0.2, 0) is 0 Å². The fraction of sp³-hybridized carbons (Fsp3) is 0.500. The molecular formula is C14H19N7O2S. The second kappa shape index (κ2) is 6.65. The predicted molar refractivity (Wildman–Crippen MR) is 93.3 cm³/mol. The van der Waals surface area contributed by atoms with Crippen LogP contribution < -0.4 is 10.2 Å². The Morgan fingerprint density at radius 1 is 1.25 bits per heavy atom. The Labute approximate surface area is 143 Å². The van der Waals surface area contributed by atoms with Crippen molar-refractivity contribution in [3.63, 3.8) is 0 Å². The van der Waals surface area contributed by atoms with Gasteiger partial charge in [0, 0.05) is 31.1 Å². The minimum Gasteiger partial charge on any atom is -0.348 e. The van der Waals surface area contributed by atoms with Crippen molar-refractivity contribution in [2.45, 2.75) is 13.8 Å². The average Bonchev–Trinajstić information content (AvgIpc) is 2.85. The summed E-state index contributed by atoms with van der Waals surface area (Å²) in [6.45, 7) is 6.94. The molecule has 1 aliphatic rings. The maximum atomic E-state index is 11.6. The molecule has 0 amide bonds. The first-order valence-corrected chi connectivity index (χ1v) is 8.41. The van der Waals surface area contributed by atoms with E-state index in [-0.39, 0.29) is 11.5 Å². The summed E-state index contributed by atoms with van der Waals surface area (Å²) in [6, 6.07) is 0. The van der Waals surface area contributed by atoms with Crippen LogP contribution in [0.15, 0.2) is 6.33 Å². The molecule has 0 atom stereocenters. The number of nitrogens with one attached hydrogen (secondary N) is 1. The predicted octanol–water partition coefficient (Wildman–Crippen LogP) is 1.95. The van der Waals surface area contributed by atoms with E-state index < -0.39 is 4.92 Å². The van der Waals surface area contributed by atoms with E-state index in [0.29, 0.717) is 24.0 Å². The summed E-state index contributed by atoms with van der Waals surface area (Å²) >= 11 is 1.45. The van der Waals surface area contributed by atoms with E-state index in [1.807, 2.05) is 25.8 Å². The average molecular weight is 349 g/mol. The fourth-order valence-corrected chi connectivity index (χ4v) is 3.32. The number of aryl methyl sites for hydroxylation is 2. The van der Waals surface area contributed by atoms with Crippen molar-refractivity contribution in [2.75, 3.05) is 43.4 Å². The van der Waals surface area contributed by atoms with Crippen molar-refractivity contribution in [3.05, 3.63) is 27.0 Å². The third kappa shape index (κ3) is 3.29. The number of thiazole rings is 1. The number of piperazine rings is 1. The van der Waals surface area contributed by atoms with Gasteiger partial charge in [0.2, 0.25) is 11.6 Å².